The van der Waals surface area contributed by atoms with Crippen molar-refractivity contribution >= 4 is 35.3 Å². The second-order valence-corrected chi connectivity index (χ2v) is 8.07. The predicted molar refractivity (Wildman–Crippen MR) is 138 cm³/mol. The molecule has 3 aromatic carbocycles. The number of anilines is 3. The second-order valence-electron chi connectivity index (χ2n) is 8.07. The smallest absolute Gasteiger partial charge is 0.412 e. The Morgan fingerprint density at radius 3 is 1.37 bits per heavy atom. The molecule has 2 unspecified atom stereocenters. The predicted octanol–water partition coefficient (Wildman–Crippen LogP) is 4.84. The van der Waals surface area contributed by atoms with Crippen LogP contribution in [-0.4, -0.2) is 56.6 Å². The van der Waals surface area contributed by atoms with Gasteiger partial charge in [-0.15, -0.1) is 0 Å². The first-order valence-electron chi connectivity index (χ1n) is 11.8. The topological polar surface area (TPSA) is 133 Å². The summed E-state index contributed by atoms with van der Waals surface area (Å²) >= 11 is 0. The van der Waals surface area contributed by atoms with E-state index in [0.29, 0.717) is 17.1 Å². The van der Waals surface area contributed by atoms with Gasteiger partial charge in [-0.2, -0.15) is 0 Å². The second kappa shape index (κ2) is 13.6. The van der Waals surface area contributed by atoms with E-state index in [0.717, 1.165) is 0 Å². The molecule has 3 aromatic rings. The van der Waals surface area contributed by atoms with Gasteiger partial charge in [-0.25, -0.2) is 14.4 Å². The lowest BCUT2D eigenvalue weighted by atomic mass is 10.1. The van der Waals surface area contributed by atoms with Crippen molar-refractivity contribution in [1.82, 2.24) is 0 Å². The lowest BCUT2D eigenvalue weighted by molar-refractivity contribution is -0.241. The summed E-state index contributed by atoms with van der Waals surface area (Å²) in [5.74, 6) is 0. The highest BCUT2D eigenvalue weighted by Crippen LogP contribution is 2.21. The van der Waals surface area contributed by atoms with Gasteiger partial charge in [0.15, 0.2) is 6.10 Å². The van der Waals surface area contributed by atoms with Crippen LogP contribution in [0.5, 0.6) is 0 Å². The fourth-order valence-electron chi connectivity index (χ4n) is 3.54. The number of hydrogen-bond acceptors (Lipinski definition) is 8. The standard InChI is InChI=1S/C27H27N3O8/c31-25(28-19-10-4-1-5-11-19)34-16-22-24(38-27(33)30-21-14-8-3-9-15-21)23(37-18-36-22)17-35-26(32)29-20-12-6-2-7-13-20/h1-15,22-24H,16-18H2,(H,28,31)(H,29,32)(H,30,33). The Morgan fingerprint density at radius 1 is 0.605 bits per heavy atom. The molecule has 38 heavy (non-hydrogen) atoms. The zero-order valence-corrected chi connectivity index (χ0v) is 20.3. The summed E-state index contributed by atoms with van der Waals surface area (Å²) in [6.45, 7) is -0.696. The molecule has 3 amide bonds. The van der Waals surface area contributed by atoms with Gasteiger partial charge in [0.05, 0.1) is 0 Å². The Labute approximate surface area is 219 Å². The van der Waals surface area contributed by atoms with Crippen LogP contribution in [0, 0.1) is 0 Å². The zero-order valence-electron chi connectivity index (χ0n) is 20.3. The molecule has 1 aliphatic rings. The average molecular weight is 522 g/mol. The maximum absolute atomic E-state index is 12.6. The number of carbonyl (C=O) groups excluding carboxylic acids is 3. The summed E-state index contributed by atoms with van der Waals surface area (Å²) in [5, 5.41) is 7.81. The van der Waals surface area contributed by atoms with E-state index in [4.69, 9.17) is 23.7 Å². The molecule has 2 atom stereocenters. The monoisotopic (exact) mass is 521 g/mol. The van der Waals surface area contributed by atoms with Crippen LogP contribution in [0.25, 0.3) is 0 Å². The van der Waals surface area contributed by atoms with Crippen LogP contribution in [0.3, 0.4) is 0 Å². The molecule has 1 aliphatic heterocycles. The summed E-state index contributed by atoms with van der Waals surface area (Å²) in [5.41, 5.74) is 1.62. The molecule has 1 saturated heterocycles. The molecule has 0 radical (unpaired) electrons. The van der Waals surface area contributed by atoms with Crippen molar-refractivity contribution in [3.63, 3.8) is 0 Å². The summed E-state index contributed by atoms with van der Waals surface area (Å²) in [6, 6.07) is 26.2. The normalized spacial score (nSPS) is 18.5. The van der Waals surface area contributed by atoms with Gasteiger partial charge in [-0.05, 0) is 36.4 Å². The van der Waals surface area contributed by atoms with Gasteiger partial charge < -0.3 is 23.7 Å². The van der Waals surface area contributed by atoms with Crippen LogP contribution in [0.1, 0.15) is 0 Å². The van der Waals surface area contributed by atoms with E-state index >= 15 is 0 Å². The van der Waals surface area contributed by atoms with Crippen LogP contribution in [-0.2, 0) is 23.7 Å². The van der Waals surface area contributed by atoms with Crippen LogP contribution in [0.15, 0.2) is 91.0 Å². The first-order valence-corrected chi connectivity index (χ1v) is 11.8. The highest BCUT2D eigenvalue weighted by molar-refractivity contribution is 5.85. The van der Waals surface area contributed by atoms with Gasteiger partial charge in [-0.3, -0.25) is 16.0 Å². The van der Waals surface area contributed by atoms with Crippen LogP contribution >= 0.6 is 0 Å². The SMILES string of the molecule is O=C(Nc1ccccc1)OCC1OCOC(COC(=O)Nc2ccccc2)C1OC(=O)Nc1ccccc1. The number of ether oxygens (including phenoxy) is 5. The van der Waals surface area contributed by atoms with Crippen LogP contribution < -0.4 is 16.0 Å². The van der Waals surface area contributed by atoms with Gasteiger partial charge in [0.1, 0.15) is 32.2 Å². The molecule has 1 fully saturated rings. The van der Waals surface area contributed by atoms with Crippen molar-refractivity contribution in [3.05, 3.63) is 91.0 Å². The molecular weight excluding hydrogens is 494 g/mol. The lowest BCUT2D eigenvalue weighted by Crippen LogP contribution is -2.53. The van der Waals surface area contributed by atoms with E-state index in [1.54, 1.807) is 78.9 Å². The van der Waals surface area contributed by atoms with Crippen LogP contribution in [0.4, 0.5) is 31.4 Å². The zero-order chi connectivity index (χ0) is 26.6. The molecule has 0 spiro atoms. The number of rotatable bonds is 8. The van der Waals surface area contributed by atoms with Crippen LogP contribution in [0.2, 0.25) is 0 Å². The molecule has 4 rings (SSSR count). The first-order chi connectivity index (χ1) is 18.6. The summed E-state index contributed by atoms with van der Waals surface area (Å²) < 4.78 is 27.4. The molecule has 0 aliphatic carbocycles. The molecule has 11 nitrogen and oxygen atoms in total. The largest absolute Gasteiger partial charge is 0.446 e. The van der Waals surface area contributed by atoms with Gasteiger partial charge in [0.2, 0.25) is 0 Å². The molecule has 1 heterocycles. The molecule has 3 N–H and O–H groups in total. The van der Waals surface area contributed by atoms with Gasteiger partial charge in [0, 0.05) is 17.1 Å². The molecule has 0 bridgehead atoms. The number of para-hydroxylation sites is 3. The minimum atomic E-state index is -1.07. The third-order valence-electron chi connectivity index (χ3n) is 5.36. The maximum Gasteiger partial charge on any atom is 0.412 e. The Hall–Kier alpha value is -4.61. The number of carbonyl (C=O) groups is 3. The fraction of sp³-hybridized carbons (Fsp3) is 0.222. The summed E-state index contributed by atoms with van der Waals surface area (Å²) in [4.78, 5) is 37.2. The van der Waals surface area contributed by atoms with E-state index in [2.05, 4.69) is 16.0 Å². The fourth-order valence-corrected chi connectivity index (χ4v) is 3.54. The number of amides is 3. The van der Waals surface area contributed by atoms with Gasteiger partial charge in [-0.1, -0.05) is 54.6 Å². The lowest BCUT2D eigenvalue weighted by Gasteiger charge is -2.36. The minimum absolute atomic E-state index is 0.192. The highest BCUT2D eigenvalue weighted by Gasteiger charge is 2.40. The molecule has 0 aromatic heterocycles. The first kappa shape index (κ1) is 26.5. The number of hydrogen-bond donors (Lipinski definition) is 3. The summed E-state index contributed by atoms with van der Waals surface area (Å²) in [6.07, 6.45) is -5.06. The van der Waals surface area contributed by atoms with E-state index in [1.165, 1.54) is 0 Å². The third kappa shape index (κ3) is 8.22. The number of nitrogens with one attached hydrogen (secondary N) is 3. The highest BCUT2D eigenvalue weighted by atomic mass is 16.7. The van der Waals surface area contributed by atoms with E-state index in [-0.39, 0.29) is 20.0 Å². The average Bonchev–Trinajstić information content (AvgIpc) is 2.93. The van der Waals surface area contributed by atoms with Gasteiger partial charge in [0.25, 0.3) is 0 Å². The Bertz CT molecular complexity index is 1120. The third-order valence-corrected chi connectivity index (χ3v) is 5.36. The van der Waals surface area contributed by atoms with E-state index in [9.17, 15) is 14.4 Å². The Kier molecular flexibility index (Phi) is 9.49. The molecular formula is C27H27N3O8. The van der Waals surface area contributed by atoms with Crippen molar-refractivity contribution in [2.24, 2.45) is 0 Å². The molecule has 198 valence electrons. The van der Waals surface area contributed by atoms with E-state index in [1.807, 2.05) is 12.1 Å². The molecule has 0 saturated carbocycles. The Morgan fingerprint density at radius 2 is 0.974 bits per heavy atom. The quantitative estimate of drug-likeness (QED) is 0.359. The van der Waals surface area contributed by atoms with Crippen molar-refractivity contribution in [2.75, 3.05) is 36.0 Å². The summed E-state index contributed by atoms with van der Waals surface area (Å²) in [7, 11) is 0. The maximum atomic E-state index is 12.6. The van der Waals surface area contributed by atoms with E-state index < -0.39 is 36.6 Å². The minimum Gasteiger partial charge on any atom is -0.446 e. The van der Waals surface area contributed by atoms with Gasteiger partial charge >= 0.3 is 18.3 Å². The molecule has 11 heteroatoms. The van der Waals surface area contributed by atoms with Crippen molar-refractivity contribution in [2.45, 2.75) is 18.3 Å². The number of benzene rings is 3. The van der Waals surface area contributed by atoms with Crippen molar-refractivity contribution in [3.8, 4) is 0 Å². The van der Waals surface area contributed by atoms with Crippen molar-refractivity contribution < 1.29 is 38.1 Å². The van der Waals surface area contributed by atoms with Crippen molar-refractivity contribution in [1.29, 1.82) is 0 Å². The Balaban J connectivity index is 1.38.